The molecule has 1 rings (SSSR count). The van der Waals surface area contributed by atoms with Crippen molar-refractivity contribution in [3.63, 3.8) is 0 Å². The van der Waals surface area contributed by atoms with E-state index < -0.39 is 0 Å². The van der Waals surface area contributed by atoms with Crippen molar-refractivity contribution in [1.29, 1.82) is 0 Å². The standard InChI is InChI=1S/C9H17NO3/c1-12-9(11)3-5-13-7-8-2-4-10-6-8/h8,10H,2-7H2,1H3/t8-/m0/s1. The topological polar surface area (TPSA) is 47.6 Å². The van der Waals surface area contributed by atoms with E-state index >= 15 is 0 Å². The molecular weight excluding hydrogens is 170 g/mol. The average Bonchev–Trinajstić information content (AvgIpc) is 2.64. The molecule has 1 saturated heterocycles. The van der Waals surface area contributed by atoms with Crippen LogP contribution in [0.4, 0.5) is 0 Å². The summed E-state index contributed by atoms with van der Waals surface area (Å²) in [5, 5.41) is 3.26. The molecule has 0 bridgehead atoms. The highest BCUT2D eigenvalue weighted by molar-refractivity contribution is 5.69. The van der Waals surface area contributed by atoms with Crippen molar-refractivity contribution < 1.29 is 14.3 Å². The highest BCUT2D eigenvalue weighted by atomic mass is 16.5. The predicted octanol–water partition coefficient (Wildman–Crippen LogP) is 0.176. The molecule has 0 unspecified atom stereocenters. The minimum Gasteiger partial charge on any atom is -0.469 e. The predicted molar refractivity (Wildman–Crippen MR) is 48.4 cm³/mol. The Balaban J connectivity index is 1.91. The minimum absolute atomic E-state index is 0.204. The number of hydrogen-bond acceptors (Lipinski definition) is 4. The molecule has 13 heavy (non-hydrogen) atoms. The van der Waals surface area contributed by atoms with Gasteiger partial charge in [-0.1, -0.05) is 0 Å². The van der Waals surface area contributed by atoms with Gasteiger partial charge in [-0.3, -0.25) is 4.79 Å². The Hall–Kier alpha value is -0.610. The van der Waals surface area contributed by atoms with Gasteiger partial charge in [0.25, 0.3) is 0 Å². The number of nitrogens with one attached hydrogen (secondary N) is 1. The van der Waals surface area contributed by atoms with Crippen LogP contribution >= 0.6 is 0 Å². The molecule has 1 N–H and O–H groups in total. The first kappa shape index (κ1) is 10.5. The number of carbonyl (C=O) groups is 1. The average molecular weight is 187 g/mol. The number of ether oxygens (including phenoxy) is 2. The SMILES string of the molecule is COC(=O)CCOC[C@H]1CCNC1. The molecule has 0 aromatic rings. The van der Waals surface area contributed by atoms with Gasteiger partial charge in [0.15, 0.2) is 0 Å². The Labute approximate surface area is 78.6 Å². The lowest BCUT2D eigenvalue weighted by atomic mass is 10.1. The minimum atomic E-state index is -0.204. The lowest BCUT2D eigenvalue weighted by Gasteiger charge is -2.08. The number of carbonyl (C=O) groups excluding carboxylic acids is 1. The quantitative estimate of drug-likeness (QED) is 0.492. The summed E-state index contributed by atoms with van der Waals surface area (Å²) in [6.45, 7) is 3.36. The van der Waals surface area contributed by atoms with E-state index in [4.69, 9.17) is 4.74 Å². The lowest BCUT2D eigenvalue weighted by molar-refractivity contribution is -0.141. The molecule has 1 aliphatic rings. The van der Waals surface area contributed by atoms with Gasteiger partial charge in [0.1, 0.15) is 0 Å². The summed E-state index contributed by atoms with van der Waals surface area (Å²) in [4.78, 5) is 10.7. The summed E-state index contributed by atoms with van der Waals surface area (Å²) in [7, 11) is 1.39. The first-order valence-electron chi connectivity index (χ1n) is 4.68. The second kappa shape index (κ2) is 5.94. The van der Waals surface area contributed by atoms with Gasteiger partial charge in [0, 0.05) is 6.54 Å². The third-order valence-electron chi connectivity index (χ3n) is 2.19. The van der Waals surface area contributed by atoms with Crippen LogP contribution in [0.1, 0.15) is 12.8 Å². The monoisotopic (exact) mass is 187 g/mol. The lowest BCUT2D eigenvalue weighted by Crippen LogP contribution is -2.15. The summed E-state index contributed by atoms with van der Waals surface area (Å²) in [5.41, 5.74) is 0. The number of hydrogen-bond donors (Lipinski definition) is 1. The Kier molecular flexibility index (Phi) is 4.78. The molecular formula is C9H17NO3. The Morgan fingerprint density at radius 1 is 1.62 bits per heavy atom. The maximum Gasteiger partial charge on any atom is 0.307 e. The van der Waals surface area contributed by atoms with Gasteiger partial charge in [0.05, 0.1) is 26.7 Å². The van der Waals surface area contributed by atoms with Crippen molar-refractivity contribution in [3.05, 3.63) is 0 Å². The summed E-state index contributed by atoms with van der Waals surface area (Å²) in [5.74, 6) is 0.419. The number of esters is 1. The highest BCUT2D eigenvalue weighted by Gasteiger charge is 2.14. The normalized spacial score (nSPS) is 21.8. The van der Waals surface area contributed by atoms with E-state index in [1.54, 1.807) is 0 Å². The van der Waals surface area contributed by atoms with Crippen LogP contribution in [0.3, 0.4) is 0 Å². The van der Waals surface area contributed by atoms with Crippen molar-refractivity contribution in [2.45, 2.75) is 12.8 Å². The molecule has 1 heterocycles. The van der Waals surface area contributed by atoms with Crippen LogP contribution in [0.2, 0.25) is 0 Å². The van der Waals surface area contributed by atoms with Crippen molar-refractivity contribution in [2.75, 3.05) is 33.4 Å². The molecule has 0 aliphatic carbocycles. The van der Waals surface area contributed by atoms with E-state index in [9.17, 15) is 4.79 Å². The fourth-order valence-electron chi connectivity index (χ4n) is 1.36. The van der Waals surface area contributed by atoms with E-state index in [0.29, 0.717) is 18.9 Å². The molecule has 4 nitrogen and oxygen atoms in total. The van der Waals surface area contributed by atoms with Gasteiger partial charge in [-0.2, -0.15) is 0 Å². The van der Waals surface area contributed by atoms with Gasteiger partial charge >= 0.3 is 5.97 Å². The zero-order chi connectivity index (χ0) is 9.52. The molecule has 1 fully saturated rings. The maximum atomic E-state index is 10.7. The zero-order valence-electron chi connectivity index (χ0n) is 8.04. The first-order chi connectivity index (χ1) is 6.33. The molecule has 0 aromatic heterocycles. The van der Waals surface area contributed by atoms with Gasteiger partial charge in [0.2, 0.25) is 0 Å². The Bertz CT molecular complexity index is 155. The fourth-order valence-corrected chi connectivity index (χ4v) is 1.36. The largest absolute Gasteiger partial charge is 0.469 e. The van der Waals surface area contributed by atoms with Crippen LogP contribution in [-0.2, 0) is 14.3 Å². The van der Waals surface area contributed by atoms with E-state index in [-0.39, 0.29) is 5.97 Å². The molecule has 0 radical (unpaired) electrons. The van der Waals surface area contributed by atoms with Crippen LogP contribution < -0.4 is 5.32 Å². The third-order valence-corrected chi connectivity index (χ3v) is 2.19. The van der Waals surface area contributed by atoms with Gasteiger partial charge in [-0.05, 0) is 18.9 Å². The summed E-state index contributed by atoms with van der Waals surface area (Å²) < 4.78 is 9.84. The molecule has 1 atom stereocenters. The Morgan fingerprint density at radius 3 is 3.08 bits per heavy atom. The van der Waals surface area contributed by atoms with Crippen molar-refractivity contribution in [3.8, 4) is 0 Å². The summed E-state index contributed by atoms with van der Waals surface area (Å²) >= 11 is 0. The summed E-state index contributed by atoms with van der Waals surface area (Å²) in [6, 6.07) is 0. The van der Waals surface area contributed by atoms with Gasteiger partial charge in [-0.25, -0.2) is 0 Å². The zero-order valence-corrected chi connectivity index (χ0v) is 8.04. The van der Waals surface area contributed by atoms with Crippen molar-refractivity contribution >= 4 is 5.97 Å². The molecule has 1 aliphatic heterocycles. The van der Waals surface area contributed by atoms with Crippen molar-refractivity contribution in [1.82, 2.24) is 5.32 Å². The highest BCUT2D eigenvalue weighted by Crippen LogP contribution is 2.07. The molecule has 76 valence electrons. The van der Waals surface area contributed by atoms with Gasteiger partial charge < -0.3 is 14.8 Å². The molecule has 0 aromatic carbocycles. The van der Waals surface area contributed by atoms with Gasteiger partial charge in [-0.15, -0.1) is 0 Å². The maximum absolute atomic E-state index is 10.7. The third kappa shape index (κ3) is 4.24. The smallest absolute Gasteiger partial charge is 0.307 e. The van der Waals surface area contributed by atoms with Crippen molar-refractivity contribution in [2.24, 2.45) is 5.92 Å². The van der Waals surface area contributed by atoms with E-state index in [0.717, 1.165) is 19.7 Å². The van der Waals surface area contributed by atoms with E-state index in [2.05, 4.69) is 10.1 Å². The molecule has 0 spiro atoms. The molecule has 0 saturated carbocycles. The molecule has 4 heteroatoms. The Morgan fingerprint density at radius 2 is 2.46 bits per heavy atom. The molecule has 0 amide bonds. The van der Waals surface area contributed by atoms with E-state index in [1.165, 1.54) is 13.5 Å². The second-order valence-corrected chi connectivity index (χ2v) is 3.26. The van der Waals surface area contributed by atoms with Crippen LogP contribution in [0.25, 0.3) is 0 Å². The number of methoxy groups -OCH3 is 1. The second-order valence-electron chi connectivity index (χ2n) is 3.26. The van der Waals surface area contributed by atoms with Crippen LogP contribution in [0, 0.1) is 5.92 Å². The first-order valence-corrected chi connectivity index (χ1v) is 4.68. The van der Waals surface area contributed by atoms with E-state index in [1.807, 2.05) is 0 Å². The van der Waals surface area contributed by atoms with Crippen LogP contribution in [-0.4, -0.2) is 39.4 Å². The summed E-state index contributed by atoms with van der Waals surface area (Å²) in [6.07, 6.45) is 1.54. The fraction of sp³-hybridized carbons (Fsp3) is 0.889. The van der Waals surface area contributed by atoms with Crippen LogP contribution in [0.5, 0.6) is 0 Å². The van der Waals surface area contributed by atoms with Crippen LogP contribution in [0.15, 0.2) is 0 Å². The number of rotatable bonds is 5.